The van der Waals surface area contributed by atoms with Crippen molar-refractivity contribution >= 4 is 45.0 Å². The molecule has 0 bridgehead atoms. The number of carbonyl (C=O) groups excluding carboxylic acids is 1. The lowest BCUT2D eigenvalue weighted by molar-refractivity contribution is -0.169. The predicted octanol–water partition coefficient (Wildman–Crippen LogP) is 8.22. The third-order valence-corrected chi connectivity index (χ3v) is 5.86. The summed E-state index contributed by atoms with van der Waals surface area (Å²) < 4.78 is 38.1. The Bertz CT molecular complexity index is 1690. The van der Waals surface area contributed by atoms with Crippen molar-refractivity contribution in [3.8, 4) is 12.1 Å². The average Bonchev–Trinajstić information content (AvgIpc) is 2.96. The summed E-state index contributed by atoms with van der Waals surface area (Å²) >= 11 is 0. The minimum Gasteiger partial charge on any atom is -0.310 e. The Morgan fingerprint density at radius 2 is 1.35 bits per heavy atom. The Labute approximate surface area is 229 Å². The molecule has 0 heterocycles. The van der Waals surface area contributed by atoms with Gasteiger partial charge in [-0.15, -0.1) is 0 Å². The topological polar surface area (TPSA) is 80.2 Å². The van der Waals surface area contributed by atoms with Gasteiger partial charge in [-0.1, -0.05) is 54.6 Å². The minimum absolute atomic E-state index is 0.252. The largest absolute Gasteiger partial charge is 0.473 e. The monoisotopic (exact) mass is 534 g/mol. The molecule has 0 aliphatic carbocycles. The van der Waals surface area contributed by atoms with Crippen LogP contribution < -0.4 is 4.90 Å². The van der Waals surface area contributed by atoms with Gasteiger partial charge in [-0.2, -0.15) is 28.7 Å². The summed E-state index contributed by atoms with van der Waals surface area (Å²) in [5.41, 5.74) is 3.18. The van der Waals surface area contributed by atoms with Crippen molar-refractivity contribution in [1.82, 2.24) is 0 Å². The van der Waals surface area contributed by atoms with Crippen molar-refractivity contribution in [2.45, 2.75) is 13.1 Å². The number of anilines is 3. The summed E-state index contributed by atoms with van der Waals surface area (Å²) in [5, 5.41) is 20.3. The zero-order valence-electron chi connectivity index (χ0n) is 21.2. The standard InChI is InChI=1S/C32H21F3N4O/c1-22(20-36)16-26(18-27(21-37)38-31(40)32(33,34)35)24-12-13-25-19-30(15-14-23(25)17-24)39(28-8-4-2-5-9-28)29-10-6-3-7-11-29/h2-19H,1H3/b22-16+,26-18+,38-27?. The van der Waals surface area contributed by atoms with Crippen molar-refractivity contribution in [2.24, 2.45) is 4.99 Å². The number of fused-ring (bicyclic) bond motifs is 1. The number of amides is 1. The Morgan fingerprint density at radius 3 is 1.90 bits per heavy atom. The molecule has 196 valence electrons. The van der Waals surface area contributed by atoms with Crippen LogP contribution in [0.3, 0.4) is 0 Å². The highest BCUT2D eigenvalue weighted by Gasteiger charge is 2.38. The molecule has 1 amide bonds. The van der Waals surface area contributed by atoms with Crippen LogP contribution in [0.25, 0.3) is 16.3 Å². The molecule has 0 radical (unpaired) electrons. The number of halogens is 3. The molecule has 0 N–H and O–H groups in total. The molecule has 4 aromatic carbocycles. The van der Waals surface area contributed by atoms with Crippen LogP contribution in [0.5, 0.6) is 0 Å². The summed E-state index contributed by atoms with van der Waals surface area (Å²) in [5.74, 6) is -2.38. The van der Waals surface area contributed by atoms with Gasteiger partial charge in [-0.25, -0.2) is 0 Å². The van der Waals surface area contributed by atoms with Gasteiger partial charge in [0, 0.05) is 22.6 Å². The SMILES string of the molecule is C/C(C#N)=C\C(=C/C(C#N)=NC(=O)C(F)(F)F)c1ccc2cc(N(c3ccccc3)c3ccccc3)ccc2c1. The van der Waals surface area contributed by atoms with E-state index in [2.05, 4.69) is 9.89 Å². The maximum absolute atomic E-state index is 12.7. The zero-order chi connectivity index (χ0) is 28.7. The van der Waals surface area contributed by atoms with Crippen LogP contribution in [-0.2, 0) is 4.79 Å². The fourth-order valence-corrected chi connectivity index (χ4v) is 4.04. The lowest BCUT2D eigenvalue weighted by Gasteiger charge is -2.25. The molecule has 0 aromatic heterocycles. The number of aliphatic imine (C=N–C) groups is 1. The number of carbonyl (C=O) groups is 1. The van der Waals surface area contributed by atoms with Gasteiger partial charge in [0.25, 0.3) is 0 Å². The summed E-state index contributed by atoms with van der Waals surface area (Å²) in [6, 6.07) is 34.5. The fraction of sp³-hybridized carbons (Fsp3) is 0.0625. The van der Waals surface area contributed by atoms with Crippen LogP contribution in [0.15, 0.2) is 120 Å². The number of alkyl halides is 3. The highest BCUT2D eigenvalue weighted by atomic mass is 19.4. The molecule has 4 rings (SSSR count). The number of nitrogens with zero attached hydrogens (tertiary/aromatic N) is 4. The first-order valence-electron chi connectivity index (χ1n) is 12.0. The van der Waals surface area contributed by atoms with Crippen molar-refractivity contribution in [3.05, 3.63) is 120 Å². The van der Waals surface area contributed by atoms with Crippen LogP contribution in [0.2, 0.25) is 0 Å². The van der Waals surface area contributed by atoms with E-state index in [1.807, 2.05) is 91.0 Å². The van der Waals surface area contributed by atoms with Gasteiger partial charge in [-0.05, 0) is 83.4 Å². The zero-order valence-corrected chi connectivity index (χ0v) is 21.2. The maximum Gasteiger partial charge on any atom is 0.473 e. The van der Waals surface area contributed by atoms with E-state index >= 15 is 0 Å². The normalized spacial score (nSPS) is 12.5. The van der Waals surface area contributed by atoms with Crippen LogP contribution in [0.4, 0.5) is 30.2 Å². The molecule has 0 saturated heterocycles. The molecular weight excluding hydrogens is 513 g/mol. The maximum atomic E-state index is 12.7. The van der Waals surface area contributed by atoms with Crippen LogP contribution in [0, 0.1) is 22.7 Å². The smallest absolute Gasteiger partial charge is 0.310 e. The fourth-order valence-electron chi connectivity index (χ4n) is 4.04. The lowest BCUT2D eigenvalue weighted by atomic mass is 9.98. The highest BCUT2D eigenvalue weighted by molar-refractivity contribution is 6.16. The number of hydrogen-bond donors (Lipinski definition) is 0. The molecule has 0 aliphatic rings. The predicted molar refractivity (Wildman–Crippen MR) is 150 cm³/mol. The summed E-state index contributed by atoms with van der Waals surface area (Å²) in [6.45, 7) is 1.52. The molecule has 8 heteroatoms. The lowest BCUT2D eigenvalue weighted by Crippen LogP contribution is -2.21. The molecule has 0 unspecified atom stereocenters. The summed E-state index contributed by atoms with van der Waals surface area (Å²) in [4.78, 5) is 16.4. The minimum atomic E-state index is -5.21. The van der Waals surface area contributed by atoms with Gasteiger partial charge in [0.15, 0.2) is 0 Å². The third kappa shape index (κ3) is 6.50. The van der Waals surface area contributed by atoms with Crippen molar-refractivity contribution in [3.63, 3.8) is 0 Å². The molecule has 5 nitrogen and oxygen atoms in total. The second kappa shape index (κ2) is 11.9. The Kier molecular flexibility index (Phi) is 8.22. The van der Waals surface area contributed by atoms with Gasteiger partial charge in [0.05, 0.1) is 6.07 Å². The summed E-state index contributed by atoms with van der Waals surface area (Å²) in [7, 11) is 0. The van der Waals surface area contributed by atoms with Crippen LogP contribution >= 0.6 is 0 Å². The molecule has 0 aliphatic heterocycles. The number of rotatable bonds is 6. The Balaban J connectivity index is 1.80. The Morgan fingerprint density at radius 1 is 0.775 bits per heavy atom. The second-order valence-electron chi connectivity index (χ2n) is 8.70. The van der Waals surface area contributed by atoms with Gasteiger partial charge in [0.2, 0.25) is 0 Å². The van der Waals surface area contributed by atoms with Gasteiger partial charge >= 0.3 is 12.1 Å². The number of nitriles is 2. The van der Waals surface area contributed by atoms with Crippen molar-refractivity contribution < 1.29 is 18.0 Å². The highest BCUT2D eigenvalue weighted by Crippen LogP contribution is 2.36. The average molecular weight is 535 g/mol. The molecule has 0 spiro atoms. The van der Waals surface area contributed by atoms with Crippen molar-refractivity contribution in [2.75, 3.05) is 4.90 Å². The van der Waals surface area contributed by atoms with E-state index in [9.17, 15) is 28.5 Å². The Hall–Kier alpha value is -5.47. The molecule has 4 aromatic rings. The number of allylic oxidation sites excluding steroid dienone is 4. The van der Waals surface area contributed by atoms with Crippen LogP contribution in [0.1, 0.15) is 12.5 Å². The molecule has 40 heavy (non-hydrogen) atoms. The van der Waals surface area contributed by atoms with Gasteiger partial charge in [0.1, 0.15) is 11.8 Å². The van der Waals surface area contributed by atoms with E-state index in [0.29, 0.717) is 5.56 Å². The number of para-hydroxylation sites is 2. The molecule has 0 fully saturated rings. The number of hydrogen-bond acceptors (Lipinski definition) is 4. The van der Waals surface area contributed by atoms with E-state index in [0.717, 1.165) is 33.9 Å². The second-order valence-corrected chi connectivity index (χ2v) is 8.70. The number of benzene rings is 4. The molecular formula is C32H21F3N4O. The molecule has 0 saturated carbocycles. The summed E-state index contributed by atoms with van der Waals surface area (Å²) in [6.07, 6.45) is -2.72. The van der Waals surface area contributed by atoms with Gasteiger partial charge < -0.3 is 4.90 Å². The van der Waals surface area contributed by atoms with Crippen LogP contribution in [-0.4, -0.2) is 17.8 Å². The first-order valence-corrected chi connectivity index (χ1v) is 12.0. The van der Waals surface area contributed by atoms with E-state index in [1.165, 1.54) is 19.1 Å². The quantitative estimate of drug-likeness (QED) is 0.142. The van der Waals surface area contributed by atoms with Gasteiger partial charge in [-0.3, -0.25) is 4.79 Å². The van der Waals surface area contributed by atoms with E-state index < -0.39 is 17.8 Å². The van der Waals surface area contributed by atoms with E-state index in [-0.39, 0.29) is 11.1 Å². The van der Waals surface area contributed by atoms with E-state index in [1.54, 1.807) is 12.1 Å². The first-order chi connectivity index (χ1) is 19.2. The third-order valence-electron chi connectivity index (χ3n) is 5.86. The van der Waals surface area contributed by atoms with E-state index in [4.69, 9.17) is 0 Å². The van der Waals surface area contributed by atoms with Crippen molar-refractivity contribution in [1.29, 1.82) is 10.5 Å². The first kappa shape index (κ1) is 27.6. The molecule has 0 atom stereocenters.